The van der Waals surface area contributed by atoms with Crippen molar-refractivity contribution in [3.63, 3.8) is 0 Å². The number of rotatable bonds is 7. The number of hydrogen-bond donors (Lipinski definition) is 0. The van der Waals surface area contributed by atoms with E-state index >= 15 is 0 Å². The minimum absolute atomic E-state index is 0.183. The first-order valence-electron chi connectivity index (χ1n) is 9.91. The van der Waals surface area contributed by atoms with Crippen molar-refractivity contribution in [1.82, 2.24) is 0 Å². The topological polar surface area (TPSA) is 78.9 Å². The Hall–Kier alpha value is -2.11. The zero-order valence-corrected chi connectivity index (χ0v) is 16.8. The van der Waals surface area contributed by atoms with Gasteiger partial charge < -0.3 is 14.2 Å². The molecule has 0 saturated heterocycles. The second-order valence-electron chi connectivity index (χ2n) is 6.83. The summed E-state index contributed by atoms with van der Waals surface area (Å²) in [5.74, 6) is -1.88. The fraction of sp³-hybridized carbons (Fsp3) is 0.667. The number of carbonyl (C=O) groups excluding carboxylic acids is 3. The van der Waals surface area contributed by atoms with Crippen LogP contribution in [-0.2, 0) is 28.6 Å². The van der Waals surface area contributed by atoms with Crippen molar-refractivity contribution in [3.05, 3.63) is 22.3 Å². The fourth-order valence-electron chi connectivity index (χ4n) is 4.04. The van der Waals surface area contributed by atoms with E-state index < -0.39 is 17.9 Å². The normalized spacial score (nSPS) is 20.7. The lowest BCUT2D eigenvalue weighted by molar-refractivity contribution is -0.146. The first-order chi connectivity index (χ1) is 13.0. The van der Waals surface area contributed by atoms with E-state index in [4.69, 9.17) is 14.2 Å². The number of ether oxygens (including phenoxy) is 3. The molecule has 150 valence electrons. The molecule has 0 heterocycles. The van der Waals surface area contributed by atoms with E-state index in [2.05, 4.69) is 0 Å². The largest absolute Gasteiger partial charge is 0.466 e. The third kappa shape index (κ3) is 4.60. The highest BCUT2D eigenvalue weighted by Gasteiger charge is 2.40. The number of allylic oxidation sites excluding steroid dienone is 1. The number of esters is 3. The van der Waals surface area contributed by atoms with Crippen LogP contribution in [0.4, 0.5) is 0 Å². The Morgan fingerprint density at radius 1 is 0.963 bits per heavy atom. The molecular formula is C21H30O6. The van der Waals surface area contributed by atoms with Crippen LogP contribution in [0.1, 0.15) is 59.8 Å². The van der Waals surface area contributed by atoms with E-state index in [1.807, 2.05) is 6.92 Å². The zero-order chi connectivity index (χ0) is 20.0. The van der Waals surface area contributed by atoms with Crippen LogP contribution in [0.2, 0.25) is 0 Å². The molecule has 6 nitrogen and oxygen atoms in total. The molecule has 6 heteroatoms. The highest BCUT2D eigenvalue weighted by molar-refractivity contribution is 6.02. The molecule has 0 spiro atoms. The highest BCUT2D eigenvalue weighted by Crippen LogP contribution is 2.46. The maximum atomic E-state index is 12.7. The molecule has 27 heavy (non-hydrogen) atoms. The van der Waals surface area contributed by atoms with Crippen LogP contribution < -0.4 is 0 Å². The van der Waals surface area contributed by atoms with Gasteiger partial charge in [-0.1, -0.05) is 17.6 Å². The van der Waals surface area contributed by atoms with Gasteiger partial charge in [0, 0.05) is 12.3 Å². The van der Waals surface area contributed by atoms with Gasteiger partial charge in [0.1, 0.15) is 0 Å². The predicted octanol–water partition coefficient (Wildman–Crippen LogP) is 3.50. The van der Waals surface area contributed by atoms with Crippen LogP contribution in [-0.4, -0.2) is 37.7 Å². The first kappa shape index (κ1) is 21.2. The Bertz CT molecular complexity index is 658. The van der Waals surface area contributed by atoms with Crippen molar-refractivity contribution in [2.24, 2.45) is 11.8 Å². The molecule has 0 radical (unpaired) electrons. The summed E-state index contributed by atoms with van der Waals surface area (Å²) >= 11 is 0. The van der Waals surface area contributed by atoms with Gasteiger partial charge in [0.05, 0.1) is 36.9 Å². The summed E-state index contributed by atoms with van der Waals surface area (Å²) in [5.41, 5.74) is 2.74. The van der Waals surface area contributed by atoms with Crippen molar-refractivity contribution in [1.29, 1.82) is 0 Å². The predicted molar refractivity (Wildman–Crippen MR) is 99.7 cm³/mol. The minimum Gasteiger partial charge on any atom is -0.466 e. The third-order valence-electron chi connectivity index (χ3n) is 5.24. The maximum Gasteiger partial charge on any atom is 0.335 e. The average molecular weight is 378 g/mol. The molecule has 2 rings (SSSR count). The Labute approximate surface area is 160 Å². The molecule has 1 saturated carbocycles. The van der Waals surface area contributed by atoms with Crippen LogP contribution in [0.5, 0.6) is 0 Å². The molecule has 0 bridgehead atoms. The summed E-state index contributed by atoms with van der Waals surface area (Å²) in [7, 11) is 0. The Morgan fingerprint density at radius 3 is 2.22 bits per heavy atom. The maximum absolute atomic E-state index is 12.7. The second-order valence-corrected chi connectivity index (χ2v) is 6.83. The Morgan fingerprint density at radius 2 is 1.59 bits per heavy atom. The molecule has 0 aromatic rings. The number of hydrogen-bond acceptors (Lipinski definition) is 6. The van der Waals surface area contributed by atoms with Crippen molar-refractivity contribution < 1.29 is 28.6 Å². The summed E-state index contributed by atoms with van der Waals surface area (Å²) in [6.45, 7) is 7.84. The van der Waals surface area contributed by atoms with E-state index in [1.54, 1.807) is 20.8 Å². The van der Waals surface area contributed by atoms with Crippen LogP contribution >= 0.6 is 0 Å². The van der Waals surface area contributed by atoms with Crippen molar-refractivity contribution in [2.75, 3.05) is 19.8 Å². The smallest absolute Gasteiger partial charge is 0.335 e. The van der Waals surface area contributed by atoms with Crippen LogP contribution in [0.3, 0.4) is 0 Å². The molecule has 2 aliphatic carbocycles. The van der Waals surface area contributed by atoms with Crippen LogP contribution in [0.25, 0.3) is 0 Å². The van der Waals surface area contributed by atoms with Crippen molar-refractivity contribution in [2.45, 2.75) is 59.8 Å². The summed E-state index contributed by atoms with van der Waals surface area (Å²) < 4.78 is 15.7. The quantitative estimate of drug-likeness (QED) is 0.383. The van der Waals surface area contributed by atoms with Gasteiger partial charge in [0.2, 0.25) is 0 Å². The third-order valence-corrected chi connectivity index (χ3v) is 5.24. The Balaban J connectivity index is 2.50. The molecule has 0 N–H and O–H groups in total. The number of fused-ring (bicyclic) bond motifs is 1. The molecule has 0 aliphatic heterocycles. The van der Waals surface area contributed by atoms with Crippen LogP contribution in [0, 0.1) is 11.8 Å². The highest BCUT2D eigenvalue weighted by atomic mass is 16.5. The van der Waals surface area contributed by atoms with E-state index in [9.17, 15) is 14.4 Å². The van der Waals surface area contributed by atoms with Gasteiger partial charge in [-0.2, -0.15) is 0 Å². The lowest BCUT2D eigenvalue weighted by Gasteiger charge is -2.36. The summed E-state index contributed by atoms with van der Waals surface area (Å²) in [5, 5.41) is 0. The second kappa shape index (κ2) is 9.72. The Kier molecular flexibility index (Phi) is 7.63. The van der Waals surface area contributed by atoms with E-state index in [1.165, 1.54) is 0 Å². The molecule has 1 fully saturated rings. The van der Waals surface area contributed by atoms with Gasteiger partial charge in [-0.05, 0) is 47.0 Å². The lowest BCUT2D eigenvalue weighted by atomic mass is 9.69. The van der Waals surface area contributed by atoms with Gasteiger partial charge in [-0.15, -0.1) is 0 Å². The molecule has 0 amide bonds. The monoisotopic (exact) mass is 378 g/mol. The van der Waals surface area contributed by atoms with Crippen molar-refractivity contribution >= 4 is 17.9 Å². The van der Waals surface area contributed by atoms with Gasteiger partial charge in [-0.25, -0.2) is 9.59 Å². The minimum atomic E-state index is -0.501. The fourth-order valence-corrected chi connectivity index (χ4v) is 4.04. The summed E-state index contributed by atoms with van der Waals surface area (Å²) in [6, 6.07) is 0. The van der Waals surface area contributed by atoms with E-state index in [0.29, 0.717) is 17.8 Å². The van der Waals surface area contributed by atoms with Gasteiger partial charge in [0.15, 0.2) is 0 Å². The number of carbonyl (C=O) groups is 3. The molecule has 2 atom stereocenters. The van der Waals surface area contributed by atoms with Gasteiger partial charge >= 0.3 is 17.9 Å². The molecule has 2 unspecified atom stereocenters. The van der Waals surface area contributed by atoms with E-state index in [-0.39, 0.29) is 31.5 Å². The van der Waals surface area contributed by atoms with E-state index in [0.717, 1.165) is 36.8 Å². The molecule has 0 aromatic carbocycles. The van der Waals surface area contributed by atoms with Crippen molar-refractivity contribution in [3.8, 4) is 0 Å². The lowest BCUT2D eigenvalue weighted by Crippen LogP contribution is -2.32. The standard InChI is InChI=1S/C21H30O6/c1-5-25-19(22)13(4)16-12-17(20(23)26-6-2)18(21(24)27-7-3)15-11-9-8-10-14(15)16/h13,15H,5-12H2,1-4H3. The summed E-state index contributed by atoms with van der Waals surface area (Å²) in [4.78, 5) is 37.7. The van der Waals surface area contributed by atoms with Gasteiger partial charge in [0.25, 0.3) is 0 Å². The van der Waals surface area contributed by atoms with Gasteiger partial charge in [-0.3, -0.25) is 4.79 Å². The van der Waals surface area contributed by atoms with Crippen LogP contribution in [0.15, 0.2) is 22.3 Å². The molecule has 0 aromatic heterocycles. The zero-order valence-electron chi connectivity index (χ0n) is 16.8. The molecular weight excluding hydrogens is 348 g/mol. The SMILES string of the molecule is CCOC(=O)C1=C(C(=O)OCC)C2CCCCC2=C(C(C)C(=O)OCC)C1. The average Bonchev–Trinajstić information content (AvgIpc) is 2.66. The first-order valence-corrected chi connectivity index (χ1v) is 9.91. The molecule has 2 aliphatic rings. The summed E-state index contributed by atoms with van der Waals surface area (Å²) in [6.07, 6.45) is 3.80.